The van der Waals surface area contributed by atoms with Gasteiger partial charge in [-0.15, -0.1) is 0 Å². The molecule has 0 unspecified atom stereocenters. The Morgan fingerprint density at radius 3 is 0.645 bits per heavy atom. The molecule has 6 fully saturated rings. The summed E-state index contributed by atoms with van der Waals surface area (Å²) >= 11 is 0. The van der Waals surface area contributed by atoms with Crippen LogP contribution in [0.3, 0.4) is 0 Å². The maximum Gasteiger partial charge on any atom is 0.0352 e. The van der Waals surface area contributed by atoms with Crippen LogP contribution in [0.25, 0.3) is 33.4 Å². The van der Waals surface area contributed by atoms with Crippen LogP contribution < -0.4 is 0 Å². The lowest BCUT2D eigenvalue weighted by Crippen LogP contribution is -2.20. The van der Waals surface area contributed by atoms with Gasteiger partial charge < -0.3 is 0 Å². The Bertz CT molecular complexity index is 5850. The Morgan fingerprint density at radius 1 is 0.184 bits per heavy atom. The molecular weight excluding hydrogens is 1690 g/mol. The average Bonchev–Trinajstić information content (AvgIpc) is 0.776. The molecule has 0 saturated heterocycles. The van der Waals surface area contributed by atoms with E-state index in [4.69, 9.17) is 6.85 Å². The van der Waals surface area contributed by atoms with Crippen LogP contribution in [-0.4, -0.2) is 0 Å². The van der Waals surface area contributed by atoms with Gasteiger partial charge in [0.15, 0.2) is 0 Å². The highest BCUT2D eigenvalue weighted by atomic mass is 14.3. The third kappa shape index (κ3) is 41.9. The molecule has 6 aliphatic rings. The molecule has 6 saturated carbocycles. The monoisotopic (exact) mass is 1880 g/mol. The van der Waals surface area contributed by atoms with Crippen LogP contribution in [0.2, 0.25) is 0 Å². The second-order valence-electron chi connectivity index (χ2n) is 43.6. The molecule has 0 spiro atoms. The van der Waals surface area contributed by atoms with Crippen molar-refractivity contribution in [2.24, 2.45) is 17.3 Å². The Kier molecular flexibility index (Phi) is 44.3. The first-order valence-electron chi connectivity index (χ1n) is 56.7. The van der Waals surface area contributed by atoms with Crippen LogP contribution >= 0.6 is 0 Å². The molecule has 744 valence electrons. The van der Waals surface area contributed by atoms with Crippen LogP contribution in [0, 0.1) is 135 Å². The third-order valence-corrected chi connectivity index (χ3v) is 29.6. The molecule has 0 heteroatoms. The lowest BCUT2D eigenvalue weighted by molar-refractivity contribution is 0.224. The number of hydrogen-bond donors (Lipinski definition) is 0. The number of rotatable bonds is 9. The van der Waals surface area contributed by atoms with Gasteiger partial charge in [0.25, 0.3) is 0 Å². The van der Waals surface area contributed by atoms with Crippen LogP contribution in [-0.2, 0) is 0 Å². The number of aryl methyl sites for hydroxylation is 17. The predicted octanol–water partition coefficient (Wildman–Crippen LogP) is 42.2. The summed E-state index contributed by atoms with van der Waals surface area (Å²) in [6.07, 6.45) is 35.5. The molecule has 6 aliphatic carbocycles. The Morgan fingerprint density at radius 2 is 0.376 bits per heavy atom. The van der Waals surface area contributed by atoms with E-state index in [2.05, 4.69) is 434 Å². The van der Waals surface area contributed by atoms with E-state index < -0.39 is 6.85 Å². The first-order valence-corrected chi connectivity index (χ1v) is 54.2. The molecule has 0 aliphatic heterocycles. The van der Waals surface area contributed by atoms with Crippen molar-refractivity contribution in [1.82, 2.24) is 0 Å². The summed E-state index contributed by atoms with van der Waals surface area (Å²) in [5.41, 5.74) is 38.1. The average molecular weight is 1880 g/mol. The number of benzene rings is 14. The SMILES string of the molecule is Cc1cc(C)cc(C)c1.Cc1ccc(-c2ccc(C)cc2)cc1.Cc1ccc(-c2ccc(C3CCCCC3)cc2)cc1.Cc1ccc(-c2ccccc2)cc1.Cc1ccc(C)cc1.Cc1ccc(C2CCC(C)(C)CC2)cc1.Cc1ccc(C2CCC(C)CC2)cc1.Cc1ccc(C2CCCCC2)cc1.[2H]C([2H])([2H])c1cc(C)cc(C)c1.[2H]C1(c2ccc(C)cc2)CCC(C)CC1.[2H]C1(c2ccc(C)cc2)CCCCC1. The van der Waals surface area contributed by atoms with Crippen LogP contribution in [0.4, 0.5) is 0 Å². The van der Waals surface area contributed by atoms with Gasteiger partial charge in [-0.25, -0.2) is 0 Å². The summed E-state index contributed by atoms with van der Waals surface area (Å²) < 4.78 is 38.6. The van der Waals surface area contributed by atoms with E-state index in [1.165, 1.54) is 276 Å². The molecule has 0 atom stereocenters. The molecule has 0 aromatic heterocycles. The minimum atomic E-state index is -1.98. The first-order chi connectivity index (χ1) is 69.8. The zero-order valence-corrected chi connectivity index (χ0v) is 90.8. The molecule has 0 radical (unpaired) electrons. The summed E-state index contributed by atoms with van der Waals surface area (Å²) in [5.74, 6) is 4.50. The zero-order valence-electron chi connectivity index (χ0n) is 95.8. The van der Waals surface area contributed by atoms with Gasteiger partial charge in [0.05, 0.1) is 0 Å². The lowest BCUT2D eigenvalue weighted by atomic mass is 9.71. The fourth-order valence-electron chi connectivity index (χ4n) is 20.3. The normalized spacial score (nSPS) is 18.5. The van der Waals surface area contributed by atoms with E-state index in [1.54, 1.807) is 28.8 Å². The second kappa shape index (κ2) is 59.9. The molecular formula is C141H180. The van der Waals surface area contributed by atoms with Crippen molar-refractivity contribution in [3.63, 3.8) is 0 Å². The van der Waals surface area contributed by atoms with Crippen molar-refractivity contribution >= 4 is 0 Å². The molecule has 0 nitrogen and oxygen atoms in total. The highest BCUT2D eigenvalue weighted by Gasteiger charge is 2.28. The van der Waals surface area contributed by atoms with Crippen molar-refractivity contribution in [3.05, 3.63) is 462 Å². The lowest BCUT2D eigenvalue weighted by Gasteiger charge is -2.34. The minimum absolute atomic E-state index is 0.286. The predicted molar refractivity (Wildman–Crippen MR) is 621 cm³/mol. The molecule has 0 N–H and O–H groups in total. The quantitative estimate of drug-likeness (QED) is 0.135. The van der Waals surface area contributed by atoms with Gasteiger partial charge >= 0.3 is 0 Å². The van der Waals surface area contributed by atoms with E-state index >= 15 is 0 Å². The van der Waals surface area contributed by atoms with Gasteiger partial charge in [0.1, 0.15) is 0 Å². The molecule has 0 bridgehead atoms. The van der Waals surface area contributed by atoms with Gasteiger partial charge in [-0.3, -0.25) is 0 Å². The third-order valence-electron chi connectivity index (χ3n) is 29.6. The fourth-order valence-corrected chi connectivity index (χ4v) is 20.3. The Hall–Kier alpha value is -10.9. The van der Waals surface area contributed by atoms with Gasteiger partial charge in [0, 0.05) is 6.85 Å². The Balaban J connectivity index is 0.000000165. The van der Waals surface area contributed by atoms with Gasteiger partial charge in [-0.05, 0) is 327 Å². The van der Waals surface area contributed by atoms with E-state index in [0.29, 0.717) is 11.0 Å². The fraction of sp³-hybridized carbons (Fsp3) is 0.404. The minimum Gasteiger partial charge on any atom is -0.0625 e. The van der Waals surface area contributed by atoms with Crippen LogP contribution in [0.15, 0.2) is 334 Å². The molecule has 141 heavy (non-hydrogen) atoms. The topological polar surface area (TPSA) is 0 Å². The smallest absolute Gasteiger partial charge is 0.0352 e. The summed E-state index contributed by atoms with van der Waals surface area (Å²) in [7, 11) is 0. The van der Waals surface area contributed by atoms with E-state index in [9.17, 15) is 0 Å². The number of hydrogen-bond acceptors (Lipinski definition) is 0. The molecule has 0 amide bonds. The van der Waals surface area contributed by atoms with Crippen molar-refractivity contribution < 1.29 is 6.85 Å². The largest absolute Gasteiger partial charge is 0.0625 e. The van der Waals surface area contributed by atoms with Crippen LogP contribution in [0.5, 0.6) is 0 Å². The maximum absolute atomic E-state index is 8.52. The van der Waals surface area contributed by atoms with Crippen molar-refractivity contribution in [1.29, 1.82) is 0 Å². The molecule has 20 rings (SSSR count). The summed E-state index contributed by atoms with van der Waals surface area (Å²) in [6.45, 7) is 41.0. The summed E-state index contributed by atoms with van der Waals surface area (Å²) in [5, 5.41) is 0. The summed E-state index contributed by atoms with van der Waals surface area (Å²) in [4.78, 5) is 0. The van der Waals surface area contributed by atoms with Crippen molar-refractivity contribution in [3.8, 4) is 33.4 Å². The highest BCUT2D eigenvalue weighted by molar-refractivity contribution is 5.66. The van der Waals surface area contributed by atoms with Gasteiger partial charge in [0.2, 0.25) is 0 Å². The van der Waals surface area contributed by atoms with Gasteiger partial charge in [-0.1, -0.05) is 539 Å². The zero-order chi connectivity index (χ0) is 105. The van der Waals surface area contributed by atoms with E-state index in [0.717, 1.165) is 72.3 Å². The van der Waals surface area contributed by atoms with Crippen LogP contribution in [0.1, 0.15) is 371 Å². The van der Waals surface area contributed by atoms with Crippen molar-refractivity contribution in [2.45, 2.75) is 354 Å². The molecule has 0 heterocycles. The van der Waals surface area contributed by atoms with Gasteiger partial charge in [-0.2, -0.15) is 0 Å². The highest BCUT2D eigenvalue weighted by Crippen LogP contribution is 2.44. The maximum atomic E-state index is 8.52. The standard InChI is InChI=1S/C19H22.C15H22.2C14H20.C14H14.2C13H18.C13H12.2C9H12.C8H10/c1-15-7-9-17(10-8-15)19-13-11-18(12-14-19)16-5-3-2-4-6-16;1-12-4-6-13(7-5-12)14-8-10-15(2,3)11-9-14;3*1-11-3-7-13(8-4-11)14-9-5-12(2)6-10-14;3*1-11-7-9-13(10-8-11)12-5-3-2-4-6-12;2*1-7-4-8(2)6-9(3)5-7;1-7-3-5-8(2)6-4-7/h7-14,16H,2-6H2,1H3;4-7,14H,8-11H2,1-3H3;2*3-4,7-8,12,14H,5-6,9-10H2,1-2H3;3-10H,1-2H3;2*7-10,12H,2-6H2,1H3;2-10H,1H3;2*4-6H,1-3H3;3-6H,1-2H3/i;;14D;;;12D;;;1D3;;. The Labute approximate surface area is 867 Å². The summed E-state index contributed by atoms with van der Waals surface area (Å²) in [6, 6.07) is 119. The molecule has 14 aromatic carbocycles. The van der Waals surface area contributed by atoms with E-state index in [-0.39, 0.29) is 11.8 Å². The first kappa shape index (κ1) is 104. The van der Waals surface area contributed by atoms with Crippen molar-refractivity contribution in [2.75, 3.05) is 0 Å². The molecule has 14 aromatic rings. The second-order valence-corrected chi connectivity index (χ2v) is 43.6. The van der Waals surface area contributed by atoms with E-state index in [1.807, 2.05) is 26.0 Å².